The summed E-state index contributed by atoms with van der Waals surface area (Å²) in [5, 5.41) is 16.0. The van der Waals surface area contributed by atoms with Crippen LogP contribution >= 0.6 is 0 Å². The maximum absolute atomic E-state index is 4.38. The zero-order chi connectivity index (χ0) is 16.9. The monoisotopic (exact) mass is 335 g/mol. The number of hydrogen-bond acceptors (Lipinski definition) is 6. The molecule has 25 heavy (non-hydrogen) atoms. The van der Waals surface area contributed by atoms with E-state index in [2.05, 4.69) is 48.9 Å². The standard InChI is InChI=1S/C18H21N7/c1-2-5-15(6-3-1)14-25-18(21-22-23-25)17(16-7-4-8-20-13-16)24-11-9-19-10-12-24/h1-8,13,17,19H,9-12,14H2. The van der Waals surface area contributed by atoms with Crippen molar-refractivity contribution < 1.29 is 0 Å². The number of aromatic nitrogens is 5. The van der Waals surface area contributed by atoms with Crippen LogP contribution < -0.4 is 5.32 Å². The maximum atomic E-state index is 4.38. The summed E-state index contributed by atoms with van der Waals surface area (Å²) in [6.07, 6.45) is 3.71. The normalized spacial score (nSPS) is 16.6. The highest BCUT2D eigenvalue weighted by Gasteiger charge is 2.29. The number of tetrazole rings is 1. The van der Waals surface area contributed by atoms with Crippen LogP contribution in [-0.4, -0.2) is 56.3 Å². The van der Waals surface area contributed by atoms with E-state index in [0.29, 0.717) is 6.54 Å². The first-order valence-corrected chi connectivity index (χ1v) is 8.56. The average molecular weight is 335 g/mol. The number of rotatable bonds is 5. The van der Waals surface area contributed by atoms with Crippen LogP contribution in [0.5, 0.6) is 0 Å². The molecule has 1 aliphatic rings. The highest BCUT2D eigenvalue weighted by atomic mass is 15.5. The van der Waals surface area contributed by atoms with Crippen molar-refractivity contribution in [2.24, 2.45) is 0 Å². The van der Waals surface area contributed by atoms with Crippen LogP contribution in [0.1, 0.15) is 23.0 Å². The Morgan fingerprint density at radius 2 is 1.88 bits per heavy atom. The van der Waals surface area contributed by atoms with Gasteiger partial charge in [0, 0.05) is 38.6 Å². The van der Waals surface area contributed by atoms with Gasteiger partial charge in [-0.3, -0.25) is 9.88 Å². The van der Waals surface area contributed by atoms with Gasteiger partial charge in [-0.05, 0) is 27.6 Å². The van der Waals surface area contributed by atoms with E-state index in [9.17, 15) is 0 Å². The summed E-state index contributed by atoms with van der Waals surface area (Å²) in [7, 11) is 0. The molecule has 1 aliphatic heterocycles. The van der Waals surface area contributed by atoms with Crippen molar-refractivity contribution in [1.29, 1.82) is 0 Å². The van der Waals surface area contributed by atoms with Crippen LogP contribution in [-0.2, 0) is 6.54 Å². The molecule has 0 aliphatic carbocycles. The van der Waals surface area contributed by atoms with E-state index in [1.807, 2.05) is 35.1 Å². The zero-order valence-corrected chi connectivity index (χ0v) is 14.0. The summed E-state index contributed by atoms with van der Waals surface area (Å²) in [5.41, 5.74) is 2.30. The van der Waals surface area contributed by atoms with Crippen molar-refractivity contribution in [3.63, 3.8) is 0 Å². The SMILES string of the molecule is c1ccc(Cn2nnnc2C(c2cccnc2)N2CCNCC2)cc1. The van der Waals surface area contributed by atoms with E-state index in [1.54, 1.807) is 6.20 Å². The molecule has 2 aromatic heterocycles. The van der Waals surface area contributed by atoms with Crippen molar-refractivity contribution in [2.45, 2.75) is 12.6 Å². The predicted molar refractivity (Wildman–Crippen MR) is 93.9 cm³/mol. The Kier molecular flexibility index (Phi) is 4.76. The van der Waals surface area contributed by atoms with Gasteiger partial charge in [-0.15, -0.1) is 5.10 Å². The van der Waals surface area contributed by atoms with Crippen molar-refractivity contribution in [1.82, 2.24) is 35.4 Å². The molecule has 1 saturated heterocycles. The Hall–Kier alpha value is -2.64. The predicted octanol–water partition coefficient (Wildman–Crippen LogP) is 1.11. The Labute approximate surface area is 146 Å². The summed E-state index contributed by atoms with van der Waals surface area (Å²) in [6.45, 7) is 4.51. The lowest BCUT2D eigenvalue weighted by atomic mass is 10.1. The summed E-state index contributed by atoms with van der Waals surface area (Å²) in [5.74, 6) is 0.860. The fraction of sp³-hybridized carbons (Fsp3) is 0.333. The lowest BCUT2D eigenvalue weighted by molar-refractivity contribution is 0.188. The van der Waals surface area contributed by atoms with Gasteiger partial charge in [-0.2, -0.15) is 0 Å². The number of pyridine rings is 1. The topological polar surface area (TPSA) is 71.8 Å². The first-order chi connectivity index (χ1) is 12.4. The van der Waals surface area contributed by atoms with Gasteiger partial charge in [-0.25, -0.2) is 4.68 Å². The number of piperazine rings is 1. The third kappa shape index (κ3) is 3.57. The van der Waals surface area contributed by atoms with Crippen molar-refractivity contribution in [2.75, 3.05) is 26.2 Å². The number of nitrogens with zero attached hydrogens (tertiary/aromatic N) is 6. The van der Waals surface area contributed by atoms with Crippen LogP contribution in [0.3, 0.4) is 0 Å². The molecule has 1 fully saturated rings. The van der Waals surface area contributed by atoms with Gasteiger partial charge in [0.2, 0.25) is 0 Å². The molecule has 3 heterocycles. The van der Waals surface area contributed by atoms with Gasteiger partial charge in [0.1, 0.15) is 0 Å². The molecule has 1 aromatic carbocycles. The van der Waals surface area contributed by atoms with E-state index >= 15 is 0 Å². The van der Waals surface area contributed by atoms with Crippen molar-refractivity contribution in [3.8, 4) is 0 Å². The van der Waals surface area contributed by atoms with Crippen LogP contribution in [0.25, 0.3) is 0 Å². The van der Waals surface area contributed by atoms with Gasteiger partial charge in [-0.1, -0.05) is 36.4 Å². The molecule has 7 nitrogen and oxygen atoms in total. The van der Waals surface area contributed by atoms with Gasteiger partial charge in [0.15, 0.2) is 5.82 Å². The largest absolute Gasteiger partial charge is 0.314 e. The fourth-order valence-electron chi connectivity index (χ4n) is 3.28. The first kappa shape index (κ1) is 15.9. The second-order valence-corrected chi connectivity index (χ2v) is 6.16. The van der Waals surface area contributed by atoms with Crippen molar-refractivity contribution >= 4 is 0 Å². The molecule has 0 radical (unpaired) electrons. The quantitative estimate of drug-likeness (QED) is 0.753. The highest BCUT2D eigenvalue weighted by Crippen LogP contribution is 2.26. The van der Waals surface area contributed by atoms with Crippen LogP contribution in [0, 0.1) is 0 Å². The third-order valence-electron chi connectivity index (χ3n) is 4.50. The Morgan fingerprint density at radius 1 is 1.04 bits per heavy atom. The summed E-state index contributed by atoms with van der Waals surface area (Å²) in [6, 6.07) is 14.3. The number of benzene rings is 1. The molecule has 4 rings (SSSR count). The highest BCUT2D eigenvalue weighted by molar-refractivity contribution is 5.22. The molecule has 128 valence electrons. The first-order valence-electron chi connectivity index (χ1n) is 8.56. The minimum absolute atomic E-state index is 0.00881. The minimum atomic E-state index is 0.00881. The number of hydrogen-bond donors (Lipinski definition) is 1. The van der Waals surface area contributed by atoms with E-state index < -0.39 is 0 Å². The number of nitrogens with one attached hydrogen (secondary N) is 1. The molecule has 7 heteroatoms. The summed E-state index contributed by atoms with van der Waals surface area (Å²) in [4.78, 5) is 6.72. The second kappa shape index (κ2) is 7.50. The third-order valence-corrected chi connectivity index (χ3v) is 4.50. The molecule has 0 amide bonds. The van der Waals surface area contributed by atoms with Gasteiger partial charge < -0.3 is 5.32 Å². The summed E-state index contributed by atoms with van der Waals surface area (Å²) >= 11 is 0. The van der Waals surface area contributed by atoms with E-state index in [4.69, 9.17) is 0 Å². The lowest BCUT2D eigenvalue weighted by Gasteiger charge is -2.34. The van der Waals surface area contributed by atoms with Crippen LogP contribution in [0.4, 0.5) is 0 Å². The van der Waals surface area contributed by atoms with Crippen molar-refractivity contribution in [3.05, 3.63) is 71.8 Å². The molecule has 0 bridgehead atoms. The minimum Gasteiger partial charge on any atom is -0.314 e. The molecule has 0 saturated carbocycles. The fourth-order valence-corrected chi connectivity index (χ4v) is 3.28. The molecule has 1 atom stereocenters. The summed E-state index contributed by atoms with van der Waals surface area (Å²) < 4.78 is 1.90. The maximum Gasteiger partial charge on any atom is 0.173 e. The Balaban J connectivity index is 1.69. The average Bonchev–Trinajstić information content (AvgIpc) is 3.12. The van der Waals surface area contributed by atoms with Crippen LogP contribution in [0.15, 0.2) is 54.9 Å². The van der Waals surface area contributed by atoms with Crippen LogP contribution in [0.2, 0.25) is 0 Å². The second-order valence-electron chi connectivity index (χ2n) is 6.16. The van der Waals surface area contributed by atoms with E-state index in [0.717, 1.165) is 37.6 Å². The molecular weight excluding hydrogens is 314 g/mol. The molecule has 3 aromatic rings. The van der Waals surface area contributed by atoms with E-state index in [-0.39, 0.29) is 6.04 Å². The van der Waals surface area contributed by atoms with E-state index in [1.165, 1.54) is 5.56 Å². The Bertz CT molecular complexity index is 781. The lowest BCUT2D eigenvalue weighted by Crippen LogP contribution is -2.46. The Morgan fingerprint density at radius 3 is 2.64 bits per heavy atom. The smallest absolute Gasteiger partial charge is 0.173 e. The molecular formula is C18H21N7. The molecule has 1 unspecified atom stereocenters. The molecule has 0 spiro atoms. The van der Waals surface area contributed by atoms with Gasteiger partial charge in [0.25, 0.3) is 0 Å². The van der Waals surface area contributed by atoms with Gasteiger partial charge >= 0.3 is 0 Å². The zero-order valence-electron chi connectivity index (χ0n) is 14.0. The molecule has 1 N–H and O–H groups in total. The van der Waals surface area contributed by atoms with Gasteiger partial charge in [0.05, 0.1) is 12.6 Å².